The predicted octanol–water partition coefficient (Wildman–Crippen LogP) is 2.57. The molecule has 1 N–H and O–H groups in total. The molecule has 0 bridgehead atoms. The van der Waals surface area contributed by atoms with Gasteiger partial charge in [-0.1, -0.05) is 12.1 Å². The molecule has 0 saturated carbocycles. The highest BCUT2D eigenvalue weighted by Gasteiger charge is 2.08. The van der Waals surface area contributed by atoms with Crippen LogP contribution < -0.4 is 5.32 Å². The monoisotopic (exact) mass is 341 g/mol. The first kappa shape index (κ1) is 15.2. The SMILES string of the molecule is COCCNCc1nccn1Cc1cccc(F)c1Br. The van der Waals surface area contributed by atoms with E-state index in [0.29, 0.717) is 24.2 Å². The fraction of sp³-hybridized carbons (Fsp3) is 0.357. The maximum absolute atomic E-state index is 13.5. The molecule has 0 aliphatic heterocycles. The molecule has 108 valence electrons. The van der Waals surface area contributed by atoms with E-state index in [-0.39, 0.29) is 5.82 Å². The molecule has 0 aliphatic carbocycles. The van der Waals surface area contributed by atoms with Crippen molar-refractivity contribution in [2.45, 2.75) is 13.1 Å². The Morgan fingerprint density at radius 2 is 2.30 bits per heavy atom. The Labute approximate surface area is 126 Å². The van der Waals surface area contributed by atoms with Gasteiger partial charge >= 0.3 is 0 Å². The number of hydrogen-bond donors (Lipinski definition) is 1. The molecule has 20 heavy (non-hydrogen) atoms. The van der Waals surface area contributed by atoms with Crippen LogP contribution in [0.5, 0.6) is 0 Å². The van der Waals surface area contributed by atoms with Crippen LogP contribution in [0.1, 0.15) is 11.4 Å². The summed E-state index contributed by atoms with van der Waals surface area (Å²) in [5, 5.41) is 3.25. The van der Waals surface area contributed by atoms with Crippen LogP contribution in [0.2, 0.25) is 0 Å². The van der Waals surface area contributed by atoms with E-state index >= 15 is 0 Å². The zero-order chi connectivity index (χ0) is 14.4. The van der Waals surface area contributed by atoms with Crippen molar-refractivity contribution < 1.29 is 9.13 Å². The smallest absolute Gasteiger partial charge is 0.137 e. The largest absolute Gasteiger partial charge is 0.383 e. The molecule has 0 spiro atoms. The highest BCUT2D eigenvalue weighted by molar-refractivity contribution is 9.10. The second-order valence-electron chi connectivity index (χ2n) is 4.35. The topological polar surface area (TPSA) is 39.1 Å². The summed E-state index contributed by atoms with van der Waals surface area (Å²) in [5.41, 5.74) is 0.890. The number of rotatable bonds is 7. The molecule has 2 rings (SSSR count). The van der Waals surface area contributed by atoms with E-state index in [1.807, 2.05) is 16.8 Å². The minimum absolute atomic E-state index is 0.248. The van der Waals surface area contributed by atoms with Crippen molar-refractivity contribution in [3.63, 3.8) is 0 Å². The Hall–Kier alpha value is -1.24. The third-order valence-electron chi connectivity index (χ3n) is 2.94. The van der Waals surface area contributed by atoms with Gasteiger partial charge in [-0.15, -0.1) is 0 Å². The van der Waals surface area contributed by atoms with Crippen LogP contribution in [0.25, 0.3) is 0 Å². The number of ether oxygens (including phenoxy) is 1. The average molecular weight is 342 g/mol. The number of benzene rings is 1. The van der Waals surface area contributed by atoms with Gasteiger partial charge in [0.15, 0.2) is 0 Å². The number of imidazole rings is 1. The van der Waals surface area contributed by atoms with Crippen molar-refractivity contribution in [3.8, 4) is 0 Å². The van der Waals surface area contributed by atoms with Crippen LogP contribution in [0.15, 0.2) is 35.1 Å². The first-order valence-corrected chi connectivity index (χ1v) is 7.14. The summed E-state index contributed by atoms with van der Waals surface area (Å²) in [6.07, 6.45) is 3.64. The molecule has 0 aliphatic rings. The molecule has 1 aromatic heterocycles. The normalized spacial score (nSPS) is 10.9. The second-order valence-corrected chi connectivity index (χ2v) is 5.15. The molecule has 1 aromatic carbocycles. The molecule has 0 radical (unpaired) electrons. The highest BCUT2D eigenvalue weighted by Crippen LogP contribution is 2.21. The van der Waals surface area contributed by atoms with E-state index in [1.165, 1.54) is 6.07 Å². The Bertz CT molecular complexity index is 559. The summed E-state index contributed by atoms with van der Waals surface area (Å²) in [6.45, 7) is 2.67. The molecule has 0 unspecified atom stereocenters. The summed E-state index contributed by atoms with van der Waals surface area (Å²) in [5.74, 6) is 0.666. The molecule has 6 heteroatoms. The maximum Gasteiger partial charge on any atom is 0.137 e. The van der Waals surface area contributed by atoms with E-state index in [4.69, 9.17) is 4.74 Å². The average Bonchev–Trinajstić information content (AvgIpc) is 2.87. The molecule has 0 saturated heterocycles. The number of methoxy groups -OCH3 is 1. The van der Waals surface area contributed by atoms with E-state index in [1.54, 1.807) is 19.4 Å². The summed E-state index contributed by atoms with van der Waals surface area (Å²) in [6, 6.07) is 5.05. The van der Waals surface area contributed by atoms with E-state index < -0.39 is 0 Å². The van der Waals surface area contributed by atoms with Crippen molar-refractivity contribution in [2.24, 2.45) is 0 Å². The lowest BCUT2D eigenvalue weighted by Gasteiger charge is -2.10. The lowest BCUT2D eigenvalue weighted by molar-refractivity contribution is 0.199. The third kappa shape index (κ3) is 3.88. The fourth-order valence-corrected chi connectivity index (χ4v) is 2.27. The first-order chi connectivity index (χ1) is 9.72. The van der Waals surface area contributed by atoms with E-state index in [2.05, 4.69) is 26.2 Å². The third-order valence-corrected chi connectivity index (χ3v) is 3.83. The Morgan fingerprint density at radius 3 is 3.10 bits per heavy atom. The predicted molar refractivity (Wildman–Crippen MR) is 79.0 cm³/mol. The van der Waals surface area contributed by atoms with Gasteiger partial charge in [0, 0.05) is 26.0 Å². The van der Waals surface area contributed by atoms with E-state index in [0.717, 1.165) is 17.9 Å². The van der Waals surface area contributed by atoms with Crippen molar-refractivity contribution in [2.75, 3.05) is 20.3 Å². The second kappa shape index (κ2) is 7.52. The minimum Gasteiger partial charge on any atom is -0.383 e. The summed E-state index contributed by atoms with van der Waals surface area (Å²) in [7, 11) is 1.67. The first-order valence-electron chi connectivity index (χ1n) is 6.35. The highest BCUT2D eigenvalue weighted by atomic mass is 79.9. The maximum atomic E-state index is 13.5. The molecule has 4 nitrogen and oxygen atoms in total. The van der Waals surface area contributed by atoms with Crippen molar-refractivity contribution in [1.82, 2.24) is 14.9 Å². The van der Waals surface area contributed by atoms with Gasteiger partial charge in [-0.2, -0.15) is 0 Å². The van der Waals surface area contributed by atoms with Gasteiger partial charge in [-0.05, 0) is 27.6 Å². The fourth-order valence-electron chi connectivity index (χ4n) is 1.88. The number of hydrogen-bond acceptors (Lipinski definition) is 3. The minimum atomic E-state index is -0.248. The Balaban J connectivity index is 2.03. The van der Waals surface area contributed by atoms with Crippen molar-refractivity contribution in [1.29, 1.82) is 0 Å². The van der Waals surface area contributed by atoms with Crippen LogP contribution in [0.3, 0.4) is 0 Å². The van der Waals surface area contributed by atoms with E-state index in [9.17, 15) is 4.39 Å². The van der Waals surface area contributed by atoms with Gasteiger partial charge in [-0.3, -0.25) is 0 Å². The lowest BCUT2D eigenvalue weighted by Crippen LogP contribution is -2.21. The Morgan fingerprint density at radius 1 is 1.45 bits per heavy atom. The summed E-state index contributed by atoms with van der Waals surface area (Å²) in [4.78, 5) is 4.31. The van der Waals surface area contributed by atoms with Gasteiger partial charge in [0.1, 0.15) is 11.6 Å². The molecular formula is C14H17BrFN3O. The van der Waals surface area contributed by atoms with Crippen LogP contribution in [-0.4, -0.2) is 29.8 Å². The number of nitrogens with zero attached hydrogens (tertiary/aromatic N) is 2. The molecule has 0 amide bonds. The molecule has 0 fully saturated rings. The van der Waals surface area contributed by atoms with Gasteiger partial charge in [0.25, 0.3) is 0 Å². The van der Waals surface area contributed by atoms with Crippen LogP contribution in [0.4, 0.5) is 4.39 Å². The lowest BCUT2D eigenvalue weighted by atomic mass is 10.2. The zero-order valence-corrected chi connectivity index (χ0v) is 12.9. The van der Waals surface area contributed by atoms with Crippen LogP contribution >= 0.6 is 15.9 Å². The zero-order valence-electron chi connectivity index (χ0n) is 11.3. The molecule has 0 atom stereocenters. The van der Waals surface area contributed by atoms with Crippen molar-refractivity contribution in [3.05, 3.63) is 52.3 Å². The van der Waals surface area contributed by atoms with Gasteiger partial charge in [0.2, 0.25) is 0 Å². The standard InChI is InChI=1S/C14H17BrFN3O/c1-20-8-6-17-9-13-18-5-7-19(13)10-11-3-2-4-12(16)14(11)15/h2-5,7,17H,6,8-10H2,1H3. The molecule has 1 heterocycles. The molecule has 2 aromatic rings. The quantitative estimate of drug-likeness (QED) is 0.786. The van der Waals surface area contributed by atoms with Gasteiger partial charge < -0.3 is 14.6 Å². The number of halogens is 2. The summed E-state index contributed by atoms with van der Waals surface area (Å²) >= 11 is 3.28. The summed E-state index contributed by atoms with van der Waals surface area (Å²) < 4.78 is 21.0. The number of aromatic nitrogens is 2. The number of nitrogens with one attached hydrogen (secondary N) is 1. The Kier molecular flexibility index (Phi) is 5.70. The van der Waals surface area contributed by atoms with Crippen molar-refractivity contribution >= 4 is 15.9 Å². The van der Waals surface area contributed by atoms with Crippen LogP contribution in [-0.2, 0) is 17.8 Å². The van der Waals surface area contributed by atoms with Gasteiger partial charge in [0.05, 0.1) is 24.2 Å². The molecular weight excluding hydrogens is 325 g/mol. The van der Waals surface area contributed by atoms with Gasteiger partial charge in [-0.25, -0.2) is 9.37 Å². The van der Waals surface area contributed by atoms with Crippen LogP contribution in [0, 0.1) is 5.82 Å².